The maximum Gasteiger partial charge on any atom is 0.323 e. The van der Waals surface area contributed by atoms with Crippen LogP contribution >= 0.6 is 0 Å². The molecule has 1 heterocycles. The second kappa shape index (κ2) is 8.78. The highest BCUT2D eigenvalue weighted by Crippen LogP contribution is 2.17. The van der Waals surface area contributed by atoms with Crippen LogP contribution in [0.15, 0.2) is 35.1 Å². The highest BCUT2D eigenvalue weighted by Gasteiger charge is 2.18. The first-order chi connectivity index (χ1) is 13.6. The SMILES string of the molecule is CN(CC(=O)O)C(=O)CNC(=O)c1cc(-c2ccc(C(=N)N)cc2)nn(C)c1=O. The summed E-state index contributed by atoms with van der Waals surface area (Å²) in [5.41, 5.74) is 5.99. The number of carbonyl (C=O) groups is 3. The lowest BCUT2D eigenvalue weighted by molar-refractivity contribution is -0.143. The zero-order valence-electron chi connectivity index (χ0n) is 15.8. The molecule has 152 valence electrons. The number of hydrogen-bond acceptors (Lipinski definition) is 6. The van der Waals surface area contributed by atoms with Crippen molar-refractivity contribution < 1.29 is 19.5 Å². The van der Waals surface area contributed by atoms with Crippen LogP contribution in [0.5, 0.6) is 0 Å². The Kier molecular flexibility index (Phi) is 6.44. The summed E-state index contributed by atoms with van der Waals surface area (Å²) in [6, 6.07) is 7.82. The Labute approximate surface area is 165 Å². The van der Waals surface area contributed by atoms with Crippen LogP contribution in [-0.4, -0.2) is 63.5 Å². The fourth-order valence-electron chi connectivity index (χ4n) is 2.41. The number of aliphatic carboxylic acids is 1. The summed E-state index contributed by atoms with van der Waals surface area (Å²) < 4.78 is 1.00. The van der Waals surface area contributed by atoms with Crippen LogP contribution in [-0.2, 0) is 16.6 Å². The first-order valence-electron chi connectivity index (χ1n) is 8.37. The number of nitrogens with two attached hydrogens (primary N) is 1. The van der Waals surface area contributed by atoms with Gasteiger partial charge in [-0.1, -0.05) is 24.3 Å². The first kappa shape index (κ1) is 21.3. The van der Waals surface area contributed by atoms with Crippen molar-refractivity contribution in [2.75, 3.05) is 20.1 Å². The number of carboxylic acids is 1. The van der Waals surface area contributed by atoms with E-state index in [2.05, 4.69) is 10.4 Å². The molecule has 0 saturated heterocycles. The molecule has 1 aromatic carbocycles. The quantitative estimate of drug-likeness (QED) is 0.341. The van der Waals surface area contributed by atoms with Gasteiger partial charge in [-0.3, -0.25) is 24.6 Å². The Bertz CT molecular complexity index is 1030. The second-order valence-electron chi connectivity index (χ2n) is 6.19. The number of rotatable bonds is 7. The average Bonchev–Trinajstić information content (AvgIpc) is 2.67. The van der Waals surface area contributed by atoms with E-state index in [-0.39, 0.29) is 11.4 Å². The summed E-state index contributed by atoms with van der Waals surface area (Å²) in [5, 5.41) is 22.5. The van der Waals surface area contributed by atoms with Gasteiger partial charge in [-0.2, -0.15) is 5.10 Å². The van der Waals surface area contributed by atoms with E-state index in [4.69, 9.17) is 16.2 Å². The smallest absolute Gasteiger partial charge is 0.323 e. The minimum atomic E-state index is -1.18. The van der Waals surface area contributed by atoms with Gasteiger partial charge in [-0.15, -0.1) is 0 Å². The van der Waals surface area contributed by atoms with Gasteiger partial charge >= 0.3 is 5.97 Å². The fourth-order valence-corrected chi connectivity index (χ4v) is 2.41. The second-order valence-corrected chi connectivity index (χ2v) is 6.19. The fraction of sp³-hybridized carbons (Fsp3) is 0.222. The van der Waals surface area contributed by atoms with E-state index in [1.54, 1.807) is 24.3 Å². The number of aryl methyl sites for hydroxylation is 1. The summed E-state index contributed by atoms with van der Waals surface area (Å²) in [7, 11) is 2.68. The van der Waals surface area contributed by atoms with Crippen LogP contribution in [0, 0.1) is 5.41 Å². The lowest BCUT2D eigenvalue weighted by Gasteiger charge is -2.15. The summed E-state index contributed by atoms with van der Waals surface area (Å²) in [5.74, 6) is -2.68. The number of carboxylic acid groups (broad SMARTS) is 1. The van der Waals surface area contributed by atoms with Gasteiger partial charge in [0.25, 0.3) is 11.5 Å². The van der Waals surface area contributed by atoms with Crippen LogP contribution in [0.1, 0.15) is 15.9 Å². The first-order valence-corrected chi connectivity index (χ1v) is 8.37. The average molecular weight is 400 g/mol. The van der Waals surface area contributed by atoms with Crippen LogP contribution in [0.3, 0.4) is 0 Å². The third kappa shape index (κ3) is 5.25. The van der Waals surface area contributed by atoms with Crippen molar-refractivity contribution in [2.24, 2.45) is 12.8 Å². The number of likely N-dealkylation sites (N-methyl/N-ethyl adjacent to an activating group) is 1. The Hall–Kier alpha value is -4.02. The molecule has 2 rings (SSSR count). The molecule has 2 amide bonds. The van der Waals surface area contributed by atoms with E-state index < -0.39 is 36.4 Å². The van der Waals surface area contributed by atoms with Crippen molar-refractivity contribution in [3.8, 4) is 11.3 Å². The van der Waals surface area contributed by atoms with E-state index in [0.717, 1.165) is 9.58 Å². The van der Waals surface area contributed by atoms with E-state index in [0.29, 0.717) is 16.8 Å². The molecule has 0 atom stereocenters. The van der Waals surface area contributed by atoms with Crippen LogP contribution in [0.2, 0.25) is 0 Å². The van der Waals surface area contributed by atoms with Crippen LogP contribution in [0.4, 0.5) is 0 Å². The maximum absolute atomic E-state index is 12.4. The molecule has 0 saturated carbocycles. The molecule has 0 aliphatic heterocycles. The molecule has 1 aromatic heterocycles. The minimum Gasteiger partial charge on any atom is -0.480 e. The third-order valence-corrected chi connectivity index (χ3v) is 4.00. The molecule has 0 fully saturated rings. The predicted octanol–water partition coefficient (Wildman–Crippen LogP) is -0.996. The van der Waals surface area contributed by atoms with Gasteiger partial charge in [-0.05, 0) is 6.07 Å². The number of nitrogen functional groups attached to an aromatic ring is 1. The lowest BCUT2D eigenvalue weighted by Crippen LogP contribution is -2.42. The van der Waals surface area contributed by atoms with Crippen molar-refractivity contribution in [1.29, 1.82) is 5.41 Å². The van der Waals surface area contributed by atoms with E-state index in [1.165, 1.54) is 20.2 Å². The molecule has 0 aliphatic carbocycles. The summed E-state index contributed by atoms with van der Waals surface area (Å²) in [6.07, 6.45) is 0. The predicted molar refractivity (Wildman–Crippen MR) is 104 cm³/mol. The van der Waals surface area contributed by atoms with E-state index >= 15 is 0 Å². The molecule has 29 heavy (non-hydrogen) atoms. The molecule has 5 N–H and O–H groups in total. The molecular weight excluding hydrogens is 380 g/mol. The zero-order valence-corrected chi connectivity index (χ0v) is 15.8. The van der Waals surface area contributed by atoms with Gasteiger partial charge in [-0.25, -0.2) is 4.68 Å². The topological polar surface area (TPSA) is 171 Å². The highest BCUT2D eigenvalue weighted by molar-refractivity contribution is 5.97. The van der Waals surface area contributed by atoms with Gasteiger partial charge in [0.2, 0.25) is 5.91 Å². The molecule has 0 unspecified atom stereocenters. The Morgan fingerprint density at radius 1 is 1.28 bits per heavy atom. The third-order valence-electron chi connectivity index (χ3n) is 4.00. The highest BCUT2D eigenvalue weighted by atomic mass is 16.4. The number of amides is 2. The van der Waals surface area contributed by atoms with E-state index in [9.17, 15) is 19.2 Å². The van der Waals surface area contributed by atoms with Crippen molar-refractivity contribution in [2.45, 2.75) is 0 Å². The van der Waals surface area contributed by atoms with Gasteiger partial charge in [0.1, 0.15) is 17.9 Å². The van der Waals surface area contributed by atoms with Gasteiger partial charge < -0.3 is 21.1 Å². The van der Waals surface area contributed by atoms with Crippen LogP contribution < -0.4 is 16.6 Å². The lowest BCUT2D eigenvalue weighted by atomic mass is 10.1. The molecule has 0 radical (unpaired) electrons. The largest absolute Gasteiger partial charge is 0.480 e. The number of hydrogen-bond donors (Lipinski definition) is 4. The molecule has 2 aromatic rings. The molecule has 11 nitrogen and oxygen atoms in total. The molecule has 0 spiro atoms. The number of carbonyl (C=O) groups excluding carboxylic acids is 2. The zero-order chi connectivity index (χ0) is 21.7. The Balaban J connectivity index is 2.23. The molecule has 11 heteroatoms. The monoisotopic (exact) mass is 400 g/mol. The number of nitrogens with zero attached hydrogens (tertiary/aromatic N) is 3. The van der Waals surface area contributed by atoms with Crippen molar-refractivity contribution in [3.05, 3.63) is 51.8 Å². The Morgan fingerprint density at radius 3 is 2.45 bits per heavy atom. The number of amidine groups is 1. The summed E-state index contributed by atoms with van der Waals surface area (Å²) in [6.45, 7) is -0.969. The van der Waals surface area contributed by atoms with Crippen LogP contribution in [0.25, 0.3) is 11.3 Å². The molecule has 0 bridgehead atoms. The van der Waals surface area contributed by atoms with Crippen molar-refractivity contribution in [1.82, 2.24) is 20.0 Å². The van der Waals surface area contributed by atoms with Gasteiger partial charge in [0.15, 0.2) is 0 Å². The molecular formula is C18H20N6O5. The standard InChI is InChI=1S/C18H20N6O5/c1-23(9-15(26)27)14(25)8-21-17(28)12-7-13(22-24(2)18(12)29)10-3-5-11(6-4-10)16(19)20/h3-7H,8-9H2,1-2H3,(H3,19,20)(H,21,28)(H,26,27). The maximum atomic E-state index is 12.4. The summed E-state index contributed by atoms with van der Waals surface area (Å²) in [4.78, 5) is 48.1. The number of aromatic nitrogens is 2. The van der Waals surface area contributed by atoms with Crippen molar-refractivity contribution in [3.63, 3.8) is 0 Å². The Morgan fingerprint density at radius 2 is 1.90 bits per heavy atom. The minimum absolute atomic E-state index is 0.0948. The number of nitrogens with one attached hydrogen (secondary N) is 2. The van der Waals surface area contributed by atoms with E-state index in [1.807, 2.05) is 0 Å². The molecule has 0 aliphatic rings. The van der Waals surface area contributed by atoms with Gasteiger partial charge in [0.05, 0.1) is 12.2 Å². The van der Waals surface area contributed by atoms with Gasteiger partial charge in [0, 0.05) is 25.2 Å². The number of benzene rings is 1. The summed E-state index contributed by atoms with van der Waals surface area (Å²) >= 11 is 0. The normalized spacial score (nSPS) is 10.3. The van der Waals surface area contributed by atoms with Crippen molar-refractivity contribution >= 4 is 23.6 Å².